The first-order valence-electron chi connectivity index (χ1n) is 5.42. The van der Waals surface area contributed by atoms with E-state index >= 15 is 0 Å². The van der Waals surface area contributed by atoms with Crippen molar-refractivity contribution in [1.29, 1.82) is 0 Å². The molecule has 1 N–H and O–H groups in total. The van der Waals surface area contributed by atoms with Crippen LogP contribution in [0.1, 0.15) is 39.5 Å². The summed E-state index contributed by atoms with van der Waals surface area (Å²) in [6.45, 7) is 7.60. The maximum atomic E-state index is 11.3. The summed E-state index contributed by atoms with van der Waals surface area (Å²) in [6, 6.07) is 0. The van der Waals surface area contributed by atoms with Crippen LogP contribution in [0.4, 0.5) is 0 Å². The van der Waals surface area contributed by atoms with Crippen LogP contribution in [0.15, 0.2) is 12.2 Å². The minimum Gasteiger partial charge on any atom is -0.393 e. The summed E-state index contributed by atoms with van der Waals surface area (Å²) < 4.78 is 0. The lowest BCUT2D eigenvalue weighted by Gasteiger charge is -2.32. The average molecular weight is 196 g/mol. The first-order chi connectivity index (χ1) is 6.56. The van der Waals surface area contributed by atoms with Crippen molar-refractivity contribution in [3.63, 3.8) is 0 Å². The summed E-state index contributed by atoms with van der Waals surface area (Å²) in [4.78, 5) is 11.3. The molecule has 0 saturated heterocycles. The van der Waals surface area contributed by atoms with E-state index in [9.17, 15) is 9.90 Å². The van der Waals surface area contributed by atoms with Crippen molar-refractivity contribution in [2.75, 3.05) is 0 Å². The lowest BCUT2D eigenvalue weighted by molar-refractivity contribution is -0.122. The third-order valence-electron chi connectivity index (χ3n) is 3.33. The van der Waals surface area contributed by atoms with Crippen molar-refractivity contribution in [1.82, 2.24) is 0 Å². The molecule has 0 unspecified atom stereocenters. The zero-order chi connectivity index (χ0) is 10.7. The fourth-order valence-electron chi connectivity index (χ4n) is 2.22. The van der Waals surface area contributed by atoms with Gasteiger partial charge in [0.25, 0.3) is 0 Å². The molecule has 1 aliphatic carbocycles. The highest BCUT2D eigenvalue weighted by Crippen LogP contribution is 2.35. The Hall–Kier alpha value is -0.630. The van der Waals surface area contributed by atoms with Crippen LogP contribution in [-0.2, 0) is 4.79 Å². The lowest BCUT2D eigenvalue weighted by Crippen LogP contribution is -2.30. The van der Waals surface area contributed by atoms with Gasteiger partial charge < -0.3 is 5.11 Å². The third-order valence-corrected chi connectivity index (χ3v) is 3.33. The summed E-state index contributed by atoms with van der Waals surface area (Å²) in [7, 11) is 0. The van der Waals surface area contributed by atoms with Gasteiger partial charge in [-0.2, -0.15) is 0 Å². The van der Waals surface area contributed by atoms with E-state index in [1.54, 1.807) is 6.92 Å². The molecule has 0 aliphatic heterocycles. The predicted molar refractivity (Wildman–Crippen MR) is 56.9 cm³/mol. The summed E-state index contributed by atoms with van der Waals surface area (Å²) >= 11 is 0. The zero-order valence-corrected chi connectivity index (χ0v) is 9.12. The molecule has 0 amide bonds. The number of ketones is 1. The number of aliphatic hydroxyl groups excluding tert-OH is 1. The number of Topliss-reactive ketones (excluding diaryl/α,β-unsaturated/α-hetero) is 1. The van der Waals surface area contributed by atoms with Crippen molar-refractivity contribution < 1.29 is 9.90 Å². The smallest absolute Gasteiger partial charge is 0.132 e. The average Bonchev–Trinajstić information content (AvgIpc) is 2.17. The van der Waals surface area contributed by atoms with Gasteiger partial charge in [0, 0.05) is 11.8 Å². The van der Waals surface area contributed by atoms with Gasteiger partial charge in [-0.25, -0.2) is 0 Å². The molecule has 0 aromatic carbocycles. The number of rotatable bonds is 3. The first kappa shape index (κ1) is 11.4. The van der Waals surface area contributed by atoms with Crippen LogP contribution in [0.2, 0.25) is 0 Å². The molecule has 0 bridgehead atoms. The second kappa shape index (κ2) is 4.74. The summed E-state index contributed by atoms with van der Waals surface area (Å²) in [6.07, 6.45) is 3.04. The molecule has 1 rings (SSSR count). The molecule has 1 aliphatic rings. The van der Waals surface area contributed by atoms with Crippen LogP contribution in [0.3, 0.4) is 0 Å². The molecule has 2 nitrogen and oxygen atoms in total. The Morgan fingerprint density at radius 2 is 2.36 bits per heavy atom. The van der Waals surface area contributed by atoms with Crippen LogP contribution < -0.4 is 0 Å². The molecule has 3 atom stereocenters. The van der Waals surface area contributed by atoms with Gasteiger partial charge in [-0.05, 0) is 32.6 Å². The van der Waals surface area contributed by atoms with E-state index in [2.05, 4.69) is 6.58 Å². The Morgan fingerprint density at radius 3 is 2.86 bits per heavy atom. The van der Waals surface area contributed by atoms with E-state index in [4.69, 9.17) is 0 Å². The maximum absolute atomic E-state index is 11.3. The molecule has 2 heteroatoms. The highest BCUT2D eigenvalue weighted by atomic mass is 16.3. The fourth-order valence-corrected chi connectivity index (χ4v) is 2.22. The minimum atomic E-state index is -0.315. The third kappa shape index (κ3) is 2.44. The van der Waals surface area contributed by atoms with Crippen molar-refractivity contribution in [2.24, 2.45) is 11.8 Å². The minimum absolute atomic E-state index is 0.141. The van der Waals surface area contributed by atoms with E-state index in [-0.39, 0.29) is 23.7 Å². The Balaban J connectivity index is 2.64. The zero-order valence-electron chi connectivity index (χ0n) is 9.12. The molecule has 0 spiro atoms. The van der Waals surface area contributed by atoms with Gasteiger partial charge in [0.1, 0.15) is 5.78 Å². The van der Waals surface area contributed by atoms with Gasteiger partial charge >= 0.3 is 0 Å². The predicted octanol–water partition coefficient (Wildman–Crippen LogP) is 2.32. The molecule has 80 valence electrons. The monoisotopic (exact) mass is 196 g/mol. The Kier molecular flexibility index (Phi) is 3.87. The Morgan fingerprint density at radius 1 is 1.71 bits per heavy atom. The second-order valence-corrected chi connectivity index (χ2v) is 4.32. The van der Waals surface area contributed by atoms with E-state index in [1.165, 1.54) is 0 Å². The molecule has 0 heterocycles. The van der Waals surface area contributed by atoms with Gasteiger partial charge in [-0.3, -0.25) is 4.79 Å². The van der Waals surface area contributed by atoms with Crippen LogP contribution in [0, 0.1) is 11.8 Å². The van der Waals surface area contributed by atoms with Crippen LogP contribution in [-0.4, -0.2) is 17.0 Å². The van der Waals surface area contributed by atoms with E-state index < -0.39 is 0 Å². The van der Waals surface area contributed by atoms with E-state index in [0.717, 1.165) is 31.3 Å². The van der Waals surface area contributed by atoms with Gasteiger partial charge in [0.2, 0.25) is 0 Å². The van der Waals surface area contributed by atoms with Crippen molar-refractivity contribution >= 4 is 5.78 Å². The maximum Gasteiger partial charge on any atom is 0.132 e. The normalized spacial score (nSPS) is 30.1. The van der Waals surface area contributed by atoms with Gasteiger partial charge in [0.05, 0.1) is 6.10 Å². The number of hydrogen-bond acceptors (Lipinski definition) is 2. The lowest BCUT2D eigenvalue weighted by atomic mass is 9.74. The standard InChI is InChI=1S/C12H20O2/c1-4-12(14)11-7-10(9(3)13)6-5-8(11)2/h10-12,14H,2,4-7H2,1,3H3/t10-,11+,12+/m0/s1. The fraction of sp³-hybridized carbons (Fsp3) is 0.750. The first-order valence-corrected chi connectivity index (χ1v) is 5.42. The largest absolute Gasteiger partial charge is 0.393 e. The van der Waals surface area contributed by atoms with Gasteiger partial charge in [-0.1, -0.05) is 19.1 Å². The van der Waals surface area contributed by atoms with Crippen LogP contribution in [0.25, 0.3) is 0 Å². The topological polar surface area (TPSA) is 37.3 Å². The quantitative estimate of drug-likeness (QED) is 0.703. The molecule has 1 fully saturated rings. The van der Waals surface area contributed by atoms with Gasteiger partial charge in [-0.15, -0.1) is 0 Å². The number of carbonyl (C=O) groups excluding carboxylic acids is 1. The van der Waals surface area contributed by atoms with E-state index in [1.807, 2.05) is 6.92 Å². The number of aliphatic hydroxyl groups is 1. The molecule has 1 saturated carbocycles. The summed E-state index contributed by atoms with van der Waals surface area (Å²) in [5, 5.41) is 9.78. The molecular formula is C12H20O2. The summed E-state index contributed by atoms with van der Waals surface area (Å²) in [5.74, 6) is 0.542. The summed E-state index contributed by atoms with van der Waals surface area (Å²) in [5.41, 5.74) is 1.12. The van der Waals surface area contributed by atoms with Crippen LogP contribution in [0.5, 0.6) is 0 Å². The van der Waals surface area contributed by atoms with Crippen molar-refractivity contribution in [3.8, 4) is 0 Å². The highest BCUT2D eigenvalue weighted by Gasteiger charge is 2.30. The van der Waals surface area contributed by atoms with Gasteiger partial charge in [0.15, 0.2) is 0 Å². The number of carbonyl (C=O) groups is 1. The molecule has 14 heavy (non-hydrogen) atoms. The van der Waals surface area contributed by atoms with E-state index in [0.29, 0.717) is 0 Å². The number of hydrogen-bond donors (Lipinski definition) is 1. The Labute approximate surface area is 86.0 Å². The molecule has 0 aromatic rings. The Bertz CT molecular complexity index is 232. The molecule has 0 radical (unpaired) electrons. The van der Waals surface area contributed by atoms with Crippen molar-refractivity contribution in [3.05, 3.63) is 12.2 Å². The molecular weight excluding hydrogens is 176 g/mol. The molecule has 0 aromatic heterocycles. The highest BCUT2D eigenvalue weighted by molar-refractivity contribution is 5.78. The van der Waals surface area contributed by atoms with Crippen molar-refractivity contribution in [2.45, 2.75) is 45.6 Å². The van der Waals surface area contributed by atoms with Crippen LogP contribution >= 0.6 is 0 Å². The SMILES string of the molecule is C=C1CC[C@H](C(C)=O)C[C@H]1[C@H](O)CC. The second-order valence-electron chi connectivity index (χ2n) is 4.32.